The van der Waals surface area contributed by atoms with Gasteiger partial charge in [-0.15, -0.1) is 0 Å². The second kappa shape index (κ2) is 7.50. The summed E-state index contributed by atoms with van der Waals surface area (Å²) in [6.07, 6.45) is 6.77. The number of ether oxygens (including phenoxy) is 1. The molecule has 0 unspecified atom stereocenters. The number of hydrogen-bond acceptors (Lipinski definition) is 1. The van der Waals surface area contributed by atoms with Crippen molar-refractivity contribution in [2.75, 3.05) is 6.61 Å². The van der Waals surface area contributed by atoms with Gasteiger partial charge < -0.3 is 4.74 Å². The number of unbranched alkanes of at least 4 members (excludes halogenated alkanes) is 3. The molecular formula is C14H19BrO. The van der Waals surface area contributed by atoms with Crippen LogP contribution in [-0.2, 0) is 0 Å². The van der Waals surface area contributed by atoms with Crippen LogP contribution in [0.15, 0.2) is 29.3 Å². The summed E-state index contributed by atoms with van der Waals surface area (Å²) in [4.78, 5) is 0. The molecule has 1 nitrogen and oxygen atoms in total. The first-order valence-electron chi connectivity index (χ1n) is 5.82. The molecule has 0 spiro atoms. The monoisotopic (exact) mass is 282 g/mol. The molecule has 0 atom stereocenters. The van der Waals surface area contributed by atoms with Gasteiger partial charge in [-0.1, -0.05) is 54.8 Å². The normalized spacial score (nSPS) is 10.1. The van der Waals surface area contributed by atoms with E-state index in [1.165, 1.54) is 19.3 Å². The van der Waals surface area contributed by atoms with Crippen LogP contribution in [0.4, 0.5) is 0 Å². The largest absolute Gasteiger partial charge is 0.494 e. The van der Waals surface area contributed by atoms with Crippen molar-refractivity contribution in [1.82, 2.24) is 0 Å². The van der Waals surface area contributed by atoms with Gasteiger partial charge in [0.1, 0.15) is 5.75 Å². The van der Waals surface area contributed by atoms with Crippen molar-refractivity contribution >= 4 is 22.0 Å². The topological polar surface area (TPSA) is 9.23 Å². The van der Waals surface area contributed by atoms with E-state index in [9.17, 15) is 0 Å². The van der Waals surface area contributed by atoms with Gasteiger partial charge in [-0.25, -0.2) is 0 Å². The minimum Gasteiger partial charge on any atom is -0.494 e. The van der Waals surface area contributed by atoms with E-state index in [1.54, 1.807) is 0 Å². The third-order valence-corrected chi connectivity index (χ3v) is 3.18. The average molecular weight is 283 g/mol. The summed E-state index contributed by atoms with van der Waals surface area (Å²) in [5.41, 5.74) is 1.08. The first-order valence-corrected chi connectivity index (χ1v) is 6.62. The molecule has 0 amide bonds. The predicted octanol–water partition coefficient (Wildman–Crippen LogP) is 5.05. The molecule has 2 heteroatoms. The smallest absolute Gasteiger partial charge is 0.119 e. The highest BCUT2D eigenvalue weighted by Crippen LogP contribution is 2.23. The summed E-state index contributed by atoms with van der Waals surface area (Å²) < 4.78 is 6.74. The van der Waals surface area contributed by atoms with E-state index in [1.807, 2.05) is 24.3 Å². The molecule has 0 bridgehead atoms. The summed E-state index contributed by atoms with van der Waals surface area (Å²) in [7, 11) is 0. The Kier molecular flexibility index (Phi) is 6.24. The molecule has 0 radical (unpaired) electrons. The highest BCUT2D eigenvalue weighted by atomic mass is 79.9. The van der Waals surface area contributed by atoms with Crippen molar-refractivity contribution in [2.24, 2.45) is 0 Å². The van der Waals surface area contributed by atoms with Crippen molar-refractivity contribution in [3.05, 3.63) is 34.8 Å². The van der Waals surface area contributed by atoms with Gasteiger partial charge in [0, 0.05) is 4.47 Å². The lowest BCUT2D eigenvalue weighted by molar-refractivity contribution is 0.305. The van der Waals surface area contributed by atoms with Gasteiger partial charge in [-0.05, 0) is 30.2 Å². The fourth-order valence-corrected chi connectivity index (χ4v) is 1.90. The van der Waals surface area contributed by atoms with E-state index in [-0.39, 0.29) is 0 Å². The molecular weight excluding hydrogens is 264 g/mol. The van der Waals surface area contributed by atoms with E-state index >= 15 is 0 Å². The molecule has 0 aromatic heterocycles. The lowest BCUT2D eigenvalue weighted by atomic mass is 10.2. The summed E-state index contributed by atoms with van der Waals surface area (Å²) in [6.45, 7) is 6.79. The lowest BCUT2D eigenvalue weighted by Gasteiger charge is -2.07. The molecule has 0 saturated carbocycles. The SMILES string of the molecule is C=Cc1cc(OCCCCCC)ccc1Br. The molecule has 0 N–H and O–H groups in total. The lowest BCUT2D eigenvalue weighted by Crippen LogP contribution is -1.97. The zero-order valence-corrected chi connectivity index (χ0v) is 11.4. The molecule has 1 aromatic rings. The average Bonchev–Trinajstić information content (AvgIpc) is 2.31. The Bertz CT molecular complexity index is 334. The number of benzene rings is 1. The summed E-state index contributed by atoms with van der Waals surface area (Å²) >= 11 is 3.47. The van der Waals surface area contributed by atoms with Gasteiger partial charge in [0.25, 0.3) is 0 Å². The van der Waals surface area contributed by atoms with Crippen LogP contribution >= 0.6 is 15.9 Å². The third-order valence-electron chi connectivity index (χ3n) is 2.45. The number of hydrogen-bond donors (Lipinski definition) is 0. The molecule has 0 aliphatic carbocycles. The van der Waals surface area contributed by atoms with Crippen LogP contribution in [0.3, 0.4) is 0 Å². The highest BCUT2D eigenvalue weighted by molar-refractivity contribution is 9.10. The Morgan fingerprint density at radius 1 is 1.31 bits per heavy atom. The Balaban J connectivity index is 2.39. The summed E-state index contributed by atoms with van der Waals surface area (Å²) in [5, 5.41) is 0. The summed E-state index contributed by atoms with van der Waals surface area (Å²) in [5.74, 6) is 0.926. The number of halogens is 1. The third kappa shape index (κ3) is 4.40. The Morgan fingerprint density at radius 3 is 2.81 bits per heavy atom. The van der Waals surface area contributed by atoms with Crippen LogP contribution in [0, 0.1) is 0 Å². The van der Waals surface area contributed by atoms with Gasteiger partial charge in [0.2, 0.25) is 0 Å². The van der Waals surface area contributed by atoms with Crippen LogP contribution in [0.25, 0.3) is 6.08 Å². The van der Waals surface area contributed by atoms with Crippen molar-refractivity contribution in [1.29, 1.82) is 0 Å². The van der Waals surface area contributed by atoms with E-state index in [0.29, 0.717) is 0 Å². The zero-order chi connectivity index (χ0) is 11.8. The fourth-order valence-electron chi connectivity index (χ4n) is 1.49. The van der Waals surface area contributed by atoms with Crippen molar-refractivity contribution in [3.8, 4) is 5.75 Å². The first kappa shape index (κ1) is 13.3. The predicted molar refractivity (Wildman–Crippen MR) is 73.9 cm³/mol. The molecule has 1 rings (SSSR count). The van der Waals surface area contributed by atoms with Gasteiger partial charge >= 0.3 is 0 Å². The quantitative estimate of drug-likeness (QED) is 0.636. The maximum atomic E-state index is 5.68. The number of rotatable bonds is 7. The van der Waals surface area contributed by atoms with Crippen molar-refractivity contribution < 1.29 is 4.74 Å². The van der Waals surface area contributed by atoms with Crippen molar-refractivity contribution in [2.45, 2.75) is 32.6 Å². The van der Waals surface area contributed by atoms with E-state index in [4.69, 9.17) is 4.74 Å². The molecule has 1 aromatic carbocycles. The Labute approximate surface area is 107 Å². The second-order valence-corrected chi connectivity index (χ2v) is 4.65. The van der Waals surface area contributed by atoms with Crippen LogP contribution in [0.5, 0.6) is 5.75 Å². The second-order valence-electron chi connectivity index (χ2n) is 3.80. The van der Waals surface area contributed by atoms with E-state index in [0.717, 1.165) is 28.8 Å². The Hall–Kier alpha value is -0.760. The molecule has 16 heavy (non-hydrogen) atoms. The van der Waals surface area contributed by atoms with Crippen LogP contribution in [0.2, 0.25) is 0 Å². The fraction of sp³-hybridized carbons (Fsp3) is 0.429. The van der Waals surface area contributed by atoms with Crippen molar-refractivity contribution in [3.63, 3.8) is 0 Å². The van der Waals surface area contributed by atoms with Crippen LogP contribution in [0.1, 0.15) is 38.2 Å². The Morgan fingerprint density at radius 2 is 2.12 bits per heavy atom. The molecule has 0 saturated heterocycles. The van der Waals surface area contributed by atoms with E-state index in [2.05, 4.69) is 29.4 Å². The molecule has 88 valence electrons. The highest BCUT2D eigenvalue weighted by Gasteiger charge is 1.99. The van der Waals surface area contributed by atoms with Crippen LogP contribution in [-0.4, -0.2) is 6.61 Å². The molecule has 0 fully saturated rings. The van der Waals surface area contributed by atoms with Crippen LogP contribution < -0.4 is 4.74 Å². The molecule has 0 aliphatic rings. The van der Waals surface area contributed by atoms with E-state index < -0.39 is 0 Å². The summed E-state index contributed by atoms with van der Waals surface area (Å²) in [6, 6.07) is 5.99. The maximum absolute atomic E-state index is 5.68. The first-order chi connectivity index (χ1) is 7.77. The maximum Gasteiger partial charge on any atom is 0.119 e. The zero-order valence-electron chi connectivity index (χ0n) is 9.84. The van der Waals surface area contributed by atoms with Gasteiger partial charge in [-0.2, -0.15) is 0 Å². The molecule has 0 aliphatic heterocycles. The molecule has 0 heterocycles. The minimum absolute atomic E-state index is 0.804. The van der Waals surface area contributed by atoms with Gasteiger partial charge in [-0.3, -0.25) is 0 Å². The minimum atomic E-state index is 0.804. The van der Waals surface area contributed by atoms with Gasteiger partial charge in [0.15, 0.2) is 0 Å². The standard InChI is InChI=1S/C14H19BrO/c1-3-5-6-7-10-16-13-8-9-14(15)12(4-2)11-13/h4,8-9,11H,2-3,5-7,10H2,1H3. The van der Waals surface area contributed by atoms with Gasteiger partial charge in [0.05, 0.1) is 6.61 Å².